The van der Waals surface area contributed by atoms with Gasteiger partial charge in [-0.15, -0.1) is 0 Å². The van der Waals surface area contributed by atoms with Crippen LogP contribution in [0.25, 0.3) is 0 Å². The van der Waals surface area contributed by atoms with Crippen molar-refractivity contribution in [2.24, 2.45) is 0 Å². The number of amides is 3. The van der Waals surface area contributed by atoms with E-state index in [1.165, 1.54) is 9.80 Å². The smallest absolute Gasteiger partial charge is 0.259 e. The molecular weight excluding hydrogens is 382 g/mol. The molecule has 160 valence electrons. The summed E-state index contributed by atoms with van der Waals surface area (Å²) in [6.07, 6.45) is 0. The number of hydrogen-bond donors (Lipinski definition) is 0. The fraction of sp³-hybridized carbons (Fsp3) is 0.348. The van der Waals surface area contributed by atoms with Crippen LogP contribution in [0.4, 0.5) is 0 Å². The molecule has 2 rings (SSSR count). The van der Waals surface area contributed by atoms with Gasteiger partial charge in [0.1, 0.15) is 5.75 Å². The van der Waals surface area contributed by atoms with Crippen molar-refractivity contribution in [2.75, 3.05) is 41.3 Å². The van der Waals surface area contributed by atoms with Crippen LogP contribution in [-0.2, 0) is 11.3 Å². The van der Waals surface area contributed by atoms with Crippen LogP contribution in [0, 0.1) is 0 Å². The summed E-state index contributed by atoms with van der Waals surface area (Å²) in [6, 6.07) is 14.1. The van der Waals surface area contributed by atoms with E-state index in [0.717, 1.165) is 5.56 Å². The Morgan fingerprint density at radius 3 is 2.07 bits per heavy atom. The fourth-order valence-electron chi connectivity index (χ4n) is 2.73. The summed E-state index contributed by atoms with van der Waals surface area (Å²) in [4.78, 5) is 41.4. The van der Waals surface area contributed by atoms with Crippen molar-refractivity contribution in [2.45, 2.75) is 13.5 Å². The van der Waals surface area contributed by atoms with Gasteiger partial charge in [0.05, 0.1) is 0 Å². The number of nitrogens with zero attached hydrogens (tertiary/aromatic N) is 3. The summed E-state index contributed by atoms with van der Waals surface area (Å²) >= 11 is 0. The second-order valence-electron chi connectivity index (χ2n) is 7.32. The van der Waals surface area contributed by atoms with Crippen molar-refractivity contribution < 1.29 is 19.1 Å². The lowest BCUT2D eigenvalue weighted by atomic mass is 10.1. The molecule has 0 aliphatic heterocycles. The van der Waals surface area contributed by atoms with Crippen LogP contribution in [0.2, 0.25) is 0 Å². The Hall–Kier alpha value is -3.35. The average Bonchev–Trinajstić information content (AvgIpc) is 2.75. The third kappa shape index (κ3) is 6.07. The Bertz CT molecular complexity index is 892. The first-order chi connectivity index (χ1) is 14.2. The predicted octanol–water partition coefficient (Wildman–Crippen LogP) is 2.52. The number of ether oxygens (including phenoxy) is 1. The highest BCUT2D eigenvalue weighted by Crippen LogP contribution is 2.17. The second-order valence-corrected chi connectivity index (χ2v) is 7.32. The predicted molar refractivity (Wildman–Crippen MR) is 116 cm³/mol. The van der Waals surface area contributed by atoms with Crippen LogP contribution in [0.5, 0.6) is 5.75 Å². The molecule has 0 aliphatic rings. The van der Waals surface area contributed by atoms with Gasteiger partial charge in [-0.2, -0.15) is 0 Å². The van der Waals surface area contributed by atoms with E-state index in [-0.39, 0.29) is 24.3 Å². The van der Waals surface area contributed by atoms with E-state index in [0.29, 0.717) is 30.0 Å². The molecule has 3 amide bonds. The van der Waals surface area contributed by atoms with Gasteiger partial charge >= 0.3 is 0 Å². The molecular formula is C23H29N3O4. The molecule has 0 heterocycles. The van der Waals surface area contributed by atoms with E-state index in [9.17, 15) is 14.4 Å². The number of likely N-dealkylation sites (N-methyl/N-ethyl adjacent to an activating group) is 1. The van der Waals surface area contributed by atoms with Gasteiger partial charge in [0, 0.05) is 52.4 Å². The van der Waals surface area contributed by atoms with Gasteiger partial charge in [-0.3, -0.25) is 14.4 Å². The molecule has 0 bridgehead atoms. The van der Waals surface area contributed by atoms with Crippen LogP contribution < -0.4 is 4.74 Å². The van der Waals surface area contributed by atoms with E-state index >= 15 is 0 Å². The lowest BCUT2D eigenvalue weighted by Crippen LogP contribution is -2.30. The van der Waals surface area contributed by atoms with Gasteiger partial charge in [0.25, 0.3) is 17.7 Å². The number of benzene rings is 2. The first-order valence-corrected chi connectivity index (χ1v) is 9.75. The topological polar surface area (TPSA) is 70.2 Å². The van der Waals surface area contributed by atoms with Crippen molar-refractivity contribution in [3.8, 4) is 5.75 Å². The van der Waals surface area contributed by atoms with Gasteiger partial charge in [-0.05, 0) is 42.8 Å². The van der Waals surface area contributed by atoms with Gasteiger partial charge in [0.15, 0.2) is 6.61 Å². The monoisotopic (exact) mass is 411 g/mol. The van der Waals surface area contributed by atoms with Crippen molar-refractivity contribution in [1.29, 1.82) is 0 Å². The zero-order chi connectivity index (χ0) is 22.3. The molecule has 2 aromatic carbocycles. The zero-order valence-electron chi connectivity index (χ0n) is 18.2. The minimum atomic E-state index is -0.155. The maximum Gasteiger partial charge on any atom is 0.259 e. The minimum Gasteiger partial charge on any atom is -0.484 e. The molecule has 2 aromatic rings. The molecule has 0 atom stereocenters. The normalized spacial score (nSPS) is 10.3. The molecule has 0 N–H and O–H groups in total. The van der Waals surface area contributed by atoms with Crippen LogP contribution in [-0.4, -0.2) is 73.8 Å². The number of hydrogen-bond acceptors (Lipinski definition) is 4. The highest BCUT2D eigenvalue weighted by atomic mass is 16.5. The Balaban J connectivity index is 2.08. The molecule has 0 unspecified atom stereocenters. The van der Waals surface area contributed by atoms with E-state index in [4.69, 9.17) is 4.74 Å². The summed E-state index contributed by atoms with van der Waals surface area (Å²) in [6.45, 7) is 2.79. The van der Waals surface area contributed by atoms with E-state index in [2.05, 4.69) is 0 Å². The van der Waals surface area contributed by atoms with Crippen LogP contribution in [0.1, 0.15) is 33.2 Å². The van der Waals surface area contributed by atoms with Crippen LogP contribution >= 0.6 is 0 Å². The Morgan fingerprint density at radius 1 is 0.833 bits per heavy atom. The number of carbonyl (C=O) groups excluding carboxylic acids is 3. The summed E-state index contributed by atoms with van der Waals surface area (Å²) in [5, 5.41) is 0. The molecule has 0 saturated carbocycles. The zero-order valence-corrected chi connectivity index (χ0v) is 18.2. The second kappa shape index (κ2) is 10.4. The summed E-state index contributed by atoms with van der Waals surface area (Å²) in [7, 11) is 6.74. The molecule has 0 radical (unpaired) electrons. The highest BCUT2D eigenvalue weighted by Gasteiger charge is 2.16. The number of rotatable bonds is 8. The highest BCUT2D eigenvalue weighted by molar-refractivity contribution is 5.95. The van der Waals surface area contributed by atoms with Crippen molar-refractivity contribution in [3.63, 3.8) is 0 Å². The average molecular weight is 412 g/mol. The first kappa shape index (κ1) is 22.9. The Kier molecular flexibility index (Phi) is 7.98. The maximum absolute atomic E-state index is 13.0. The van der Waals surface area contributed by atoms with Gasteiger partial charge < -0.3 is 19.4 Å². The van der Waals surface area contributed by atoms with Gasteiger partial charge in [0.2, 0.25) is 0 Å². The van der Waals surface area contributed by atoms with E-state index < -0.39 is 0 Å². The lowest BCUT2D eigenvalue weighted by molar-refractivity contribution is -0.130. The minimum absolute atomic E-state index is 0.0606. The first-order valence-electron chi connectivity index (χ1n) is 9.75. The number of carbonyl (C=O) groups is 3. The summed E-state index contributed by atoms with van der Waals surface area (Å²) in [5.41, 5.74) is 2.03. The SMILES string of the molecule is CCN(Cc1ccc(C(=O)N(C)C)cc1)C(=O)c1cccc(OCC(=O)N(C)C)c1. The lowest BCUT2D eigenvalue weighted by Gasteiger charge is -2.22. The van der Waals surface area contributed by atoms with Gasteiger partial charge in [-0.1, -0.05) is 18.2 Å². The molecule has 0 saturated heterocycles. The fourth-order valence-corrected chi connectivity index (χ4v) is 2.73. The quantitative estimate of drug-likeness (QED) is 0.669. The molecule has 30 heavy (non-hydrogen) atoms. The molecule has 0 fully saturated rings. The van der Waals surface area contributed by atoms with Crippen LogP contribution in [0.15, 0.2) is 48.5 Å². The van der Waals surface area contributed by atoms with E-state index in [1.807, 2.05) is 19.1 Å². The van der Waals surface area contributed by atoms with E-state index in [1.54, 1.807) is 69.5 Å². The molecule has 7 nitrogen and oxygen atoms in total. The standard InChI is InChI=1S/C23H29N3O4/c1-6-26(15-17-10-12-18(13-11-17)22(28)25(4)5)23(29)19-8-7-9-20(14-19)30-16-21(27)24(2)3/h7-14H,6,15-16H2,1-5H3. The van der Waals surface area contributed by atoms with Crippen molar-refractivity contribution >= 4 is 17.7 Å². The van der Waals surface area contributed by atoms with Crippen molar-refractivity contribution in [1.82, 2.24) is 14.7 Å². The summed E-state index contributed by atoms with van der Waals surface area (Å²) in [5.74, 6) is 0.127. The van der Waals surface area contributed by atoms with Gasteiger partial charge in [-0.25, -0.2) is 0 Å². The maximum atomic E-state index is 13.0. The molecule has 7 heteroatoms. The van der Waals surface area contributed by atoms with Crippen molar-refractivity contribution in [3.05, 3.63) is 65.2 Å². The summed E-state index contributed by atoms with van der Waals surface area (Å²) < 4.78 is 5.51. The largest absolute Gasteiger partial charge is 0.484 e. The molecule has 0 spiro atoms. The molecule has 0 aromatic heterocycles. The Morgan fingerprint density at radius 2 is 1.50 bits per heavy atom. The van der Waals surface area contributed by atoms with Crippen LogP contribution in [0.3, 0.4) is 0 Å². The third-order valence-electron chi connectivity index (χ3n) is 4.59. The molecule has 0 aliphatic carbocycles. The Labute approximate surface area is 177 Å². The third-order valence-corrected chi connectivity index (χ3v) is 4.59.